The van der Waals surface area contributed by atoms with Crippen molar-refractivity contribution in [1.82, 2.24) is 0 Å². The summed E-state index contributed by atoms with van der Waals surface area (Å²) in [6, 6.07) is 21.8. The predicted molar refractivity (Wildman–Crippen MR) is 87.6 cm³/mol. The normalized spacial score (nSPS) is 40.7. The van der Waals surface area contributed by atoms with Crippen molar-refractivity contribution >= 4 is 0 Å². The number of aliphatic hydroxyl groups is 1. The Morgan fingerprint density at radius 3 is 1.64 bits per heavy atom. The van der Waals surface area contributed by atoms with Crippen molar-refractivity contribution in [3.63, 3.8) is 0 Å². The average Bonchev–Trinajstić information content (AvgIpc) is 2.85. The second-order valence-corrected chi connectivity index (χ2v) is 7.04. The average molecular weight is 288 g/mol. The summed E-state index contributed by atoms with van der Waals surface area (Å²) in [6.45, 7) is 0.276. The van der Waals surface area contributed by atoms with Gasteiger partial charge in [-0.15, -0.1) is 0 Å². The van der Waals surface area contributed by atoms with Crippen molar-refractivity contribution in [3.8, 4) is 0 Å². The van der Waals surface area contributed by atoms with E-state index in [-0.39, 0.29) is 17.4 Å². The van der Waals surface area contributed by atoms with E-state index in [1.807, 2.05) is 0 Å². The number of benzene rings is 2. The molecule has 110 valence electrons. The number of aliphatic hydroxyl groups excluding tert-OH is 1. The number of hydrogen-bond acceptors (Lipinski definition) is 1. The molecule has 1 unspecified atom stereocenters. The maximum Gasteiger partial charge on any atom is 0.0477 e. The van der Waals surface area contributed by atoms with Crippen LogP contribution < -0.4 is 0 Å². The molecule has 0 amide bonds. The molecule has 2 saturated carbocycles. The molecule has 2 bridgehead atoms. The molecule has 0 saturated heterocycles. The van der Waals surface area contributed by atoms with Gasteiger partial charge < -0.3 is 5.11 Å². The van der Waals surface area contributed by atoms with Gasteiger partial charge in [0.2, 0.25) is 0 Å². The van der Waals surface area contributed by atoms with E-state index in [4.69, 9.17) is 0 Å². The highest BCUT2D eigenvalue weighted by Crippen LogP contribution is 2.83. The van der Waals surface area contributed by atoms with Crippen molar-refractivity contribution in [1.29, 1.82) is 0 Å². The Hall–Kier alpha value is -1.86. The molecular formula is C21H20O. The molecule has 1 N–H and O–H groups in total. The second-order valence-electron chi connectivity index (χ2n) is 7.04. The minimum atomic E-state index is 0.101. The van der Waals surface area contributed by atoms with Crippen molar-refractivity contribution < 1.29 is 5.11 Å². The van der Waals surface area contributed by atoms with E-state index in [1.54, 1.807) is 0 Å². The van der Waals surface area contributed by atoms with Crippen LogP contribution in [0.2, 0.25) is 0 Å². The Labute approximate surface area is 131 Å². The molecule has 0 radical (unpaired) electrons. The summed E-state index contributed by atoms with van der Waals surface area (Å²) in [7, 11) is 0. The van der Waals surface area contributed by atoms with Gasteiger partial charge in [0.05, 0.1) is 0 Å². The van der Waals surface area contributed by atoms with Crippen LogP contribution in [0, 0.1) is 17.8 Å². The van der Waals surface area contributed by atoms with Crippen LogP contribution >= 0.6 is 0 Å². The van der Waals surface area contributed by atoms with Crippen molar-refractivity contribution in [3.05, 3.63) is 83.9 Å². The zero-order valence-electron chi connectivity index (χ0n) is 12.5. The van der Waals surface area contributed by atoms with E-state index in [0.29, 0.717) is 17.8 Å². The summed E-state index contributed by atoms with van der Waals surface area (Å²) in [5.41, 5.74) is 3.03. The first-order valence-corrected chi connectivity index (χ1v) is 8.27. The van der Waals surface area contributed by atoms with Gasteiger partial charge in [0.25, 0.3) is 0 Å². The maximum absolute atomic E-state index is 10.2. The van der Waals surface area contributed by atoms with E-state index in [0.717, 1.165) is 0 Å². The third-order valence-electron chi connectivity index (χ3n) is 6.64. The first-order chi connectivity index (χ1) is 10.9. The molecule has 0 aliphatic heterocycles. The lowest BCUT2D eigenvalue weighted by Crippen LogP contribution is -2.26. The Balaban J connectivity index is 1.78. The van der Waals surface area contributed by atoms with Crippen LogP contribution in [0.5, 0.6) is 0 Å². The fourth-order valence-corrected chi connectivity index (χ4v) is 6.13. The molecule has 1 nitrogen and oxygen atoms in total. The largest absolute Gasteiger partial charge is 0.396 e. The molecule has 0 aromatic heterocycles. The minimum Gasteiger partial charge on any atom is -0.396 e. The van der Waals surface area contributed by atoms with Crippen LogP contribution in [0.15, 0.2) is 72.8 Å². The highest BCUT2D eigenvalue weighted by molar-refractivity contribution is 5.60. The molecule has 0 heterocycles. The first kappa shape index (κ1) is 12.7. The Morgan fingerprint density at radius 1 is 0.773 bits per heavy atom. The van der Waals surface area contributed by atoms with E-state index in [9.17, 15) is 5.11 Å². The molecule has 5 rings (SSSR count). The van der Waals surface area contributed by atoms with Gasteiger partial charge in [-0.2, -0.15) is 0 Å². The van der Waals surface area contributed by atoms with Gasteiger partial charge in [0.15, 0.2) is 0 Å². The van der Waals surface area contributed by atoms with Crippen molar-refractivity contribution in [2.75, 3.05) is 6.61 Å². The monoisotopic (exact) mass is 288 g/mol. The fraction of sp³-hybridized carbons (Fsp3) is 0.333. The highest BCUT2D eigenvalue weighted by atomic mass is 16.3. The second kappa shape index (κ2) is 4.11. The van der Waals surface area contributed by atoms with Crippen molar-refractivity contribution in [2.24, 2.45) is 17.8 Å². The van der Waals surface area contributed by atoms with Gasteiger partial charge in [-0.25, -0.2) is 0 Å². The molecule has 5 atom stereocenters. The third kappa shape index (κ3) is 1.15. The van der Waals surface area contributed by atoms with Gasteiger partial charge >= 0.3 is 0 Å². The lowest BCUT2D eigenvalue weighted by atomic mass is 9.75. The van der Waals surface area contributed by atoms with Gasteiger partial charge in [0, 0.05) is 23.4 Å². The van der Waals surface area contributed by atoms with Gasteiger partial charge in [0.1, 0.15) is 0 Å². The SMILES string of the molecule is OCC1[C@@]2(c3ccccc3)[C@@H]3C=C[C@@H](C3)[C@@]12c1ccccc1. The summed E-state index contributed by atoms with van der Waals surface area (Å²) in [6.07, 6.45) is 6.06. The molecule has 0 spiro atoms. The maximum atomic E-state index is 10.2. The Morgan fingerprint density at radius 2 is 1.23 bits per heavy atom. The summed E-state index contributed by atoms with van der Waals surface area (Å²) >= 11 is 0. The fourth-order valence-electron chi connectivity index (χ4n) is 6.13. The van der Waals surface area contributed by atoms with Crippen LogP contribution in [-0.4, -0.2) is 11.7 Å². The summed E-state index contributed by atoms with van der Waals surface area (Å²) < 4.78 is 0. The lowest BCUT2D eigenvalue weighted by molar-refractivity contribution is 0.236. The number of allylic oxidation sites excluding steroid dienone is 2. The topological polar surface area (TPSA) is 20.2 Å². The summed E-state index contributed by atoms with van der Waals surface area (Å²) in [4.78, 5) is 0. The van der Waals surface area contributed by atoms with Crippen LogP contribution in [-0.2, 0) is 10.8 Å². The number of hydrogen-bond donors (Lipinski definition) is 1. The highest BCUT2D eigenvalue weighted by Gasteiger charge is 2.85. The predicted octanol–water partition coefficient (Wildman–Crippen LogP) is 3.69. The molecule has 3 aliphatic rings. The summed E-state index contributed by atoms with van der Waals surface area (Å²) in [5.74, 6) is 1.47. The number of fused-ring (bicyclic) bond motifs is 5. The minimum absolute atomic E-state index is 0.101. The van der Waals surface area contributed by atoms with Gasteiger partial charge in [-0.3, -0.25) is 0 Å². The smallest absolute Gasteiger partial charge is 0.0477 e. The third-order valence-corrected chi connectivity index (χ3v) is 6.64. The van der Waals surface area contributed by atoms with E-state index >= 15 is 0 Å². The molecule has 1 heteroatoms. The van der Waals surface area contributed by atoms with Crippen LogP contribution in [0.1, 0.15) is 17.5 Å². The van der Waals surface area contributed by atoms with Gasteiger partial charge in [-0.1, -0.05) is 72.8 Å². The Bertz CT molecular complexity index is 674. The van der Waals surface area contributed by atoms with E-state index in [2.05, 4.69) is 72.8 Å². The first-order valence-electron chi connectivity index (χ1n) is 8.27. The zero-order valence-corrected chi connectivity index (χ0v) is 12.5. The molecule has 22 heavy (non-hydrogen) atoms. The molecule has 2 aromatic rings. The lowest BCUT2D eigenvalue weighted by Gasteiger charge is -2.28. The molecule has 3 aliphatic carbocycles. The quantitative estimate of drug-likeness (QED) is 0.854. The zero-order chi connectivity index (χ0) is 14.8. The standard InChI is InChI=1S/C21H20O/c22-14-19-20(15-7-3-1-4-8-15)17-11-12-18(13-17)21(19,20)16-9-5-2-6-10-16/h1-12,17-19,22H,13-14H2/t17-,18+,19?,20-,21+. The van der Waals surface area contributed by atoms with Crippen molar-refractivity contribution in [2.45, 2.75) is 17.3 Å². The van der Waals surface area contributed by atoms with E-state index < -0.39 is 0 Å². The van der Waals surface area contributed by atoms with Crippen LogP contribution in [0.4, 0.5) is 0 Å². The van der Waals surface area contributed by atoms with Crippen LogP contribution in [0.25, 0.3) is 0 Å². The number of rotatable bonds is 3. The van der Waals surface area contributed by atoms with Crippen LogP contribution in [0.3, 0.4) is 0 Å². The molecule has 2 fully saturated rings. The molecular weight excluding hydrogens is 268 g/mol. The summed E-state index contributed by atoms with van der Waals surface area (Å²) in [5, 5.41) is 10.2. The Kier molecular flexibility index (Phi) is 2.37. The molecule has 2 aromatic carbocycles. The van der Waals surface area contributed by atoms with E-state index in [1.165, 1.54) is 17.5 Å². The van der Waals surface area contributed by atoms with Gasteiger partial charge in [-0.05, 0) is 29.4 Å².